The number of carbonyl (C=O) groups is 2. The van der Waals surface area contributed by atoms with Crippen LogP contribution in [0.3, 0.4) is 0 Å². The lowest BCUT2D eigenvalue weighted by Crippen LogP contribution is -2.38. The van der Waals surface area contributed by atoms with Crippen molar-refractivity contribution < 1.29 is 14.3 Å². The van der Waals surface area contributed by atoms with Crippen LogP contribution in [0.15, 0.2) is 0 Å². The summed E-state index contributed by atoms with van der Waals surface area (Å²) in [6.07, 6.45) is 0.865. The molecule has 0 bridgehead atoms. The minimum absolute atomic E-state index is 0.204. The molecule has 16 heavy (non-hydrogen) atoms. The Labute approximate surface area is 96.7 Å². The Morgan fingerprint density at radius 3 is 2.38 bits per heavy atom. The van der Waals surface area contributed by atoms with Crippen LogP contribution in [0, 0.1) is 0 Å². The lowest BCUT2D eigenvalue weighted by Gasteiger charge is -2.19. The van der Waals surface area contributed by atoms with Crippen LogP contribution in [0.5, 0.6) is 0 Å². The molecule has 0 saturated heterocycles. The largest absolute Gasteiger partial charge is 0.460 e. The fourth-order valence-corrected chi connectivity index (χ4v) is 0.998. The van der Waals surface area contributed by atoms with Crippen molar-refractivity contribution in [3.8, 4) is 0 Å². The highest BCUT2D eigenvalue weighted by molar-refractivity contribution is 5.80. The highest BCUT2D eigenvalue weighted by atomic mass is 16.6. The number of nitrogens with two attached hydrogens (primary N) is 1. The summed E-state index contributed by atoms with van der Waals surface area (Å²) in [6, 6.07) is -0.512. The zero-order valence-electron chi connectivity index (χ0n) is 10.5. The summed E-state index contributed by atoms with van der Waals surface area (Å²) < 4.78 is 5.12. The summed E-state index contributed by atoms with van der Waals surface area (Å²) in [6.45, 7) is 7.52. The first kappa shape index (κ1) is 14.9. The third-order valence-electron chi connectivity index (χ3n) is 1.69. The van der Waals surface area contributed by atoms with E-state index in [1.165, 1.54) is 0 Å². The van der Waals surface area contributed by atoms with Gasteiger partial charge in [-0.2, -0.15) is 0 Å². The second-order valence-corrected chi connectivity index (χ2v) is 4.77. The molecule has 0 spiro atoms. The highest BCUT2D eigenvalue weighted by Crippen LogP contribution is 2.08. The number of hydrogen-bond acceptors (Lipinski definition) is 4. The molecule has 0 aromatic heterocycles. The molecule has 1 atom stereocenters. The van der Waals surface area contributed by atoms with Crippen molar-refractivity contribution in [1.82, 2.24) is 5.32 Å². The third kappa shape index (κ3) is 8.23. The molecule has 0 rings (SSSR count). The van der Waals surface area contributed by atoms with E-state index in [9.17, 15) is 9.59 Å². The number of nitrogens with one attached hydrogen (secondary N) is 1. The van der Waals surface area contributed by atoms with E-state index in [4.69, 9.17) is 10.5 Å². The number of ether oxygens (including phenoxy) is 1. The van der Waals surface area contributed by atoms with Crippen molar-refractivity contribution in [1.29, 1.82) is 0 Å². The first-order chi connectivity index (χ1) is 7.22. The van der Waals surface area contributed by atoms with E-state index in [0.29, 0.717) is 19.4 Å². The Balaban J connectivity index is 3.60. The Morgan fingerprint density at radius 2 is 1.94 bits per heavy atom. The van der Waals surface area contributed by atoms with Crippen LogP contribution in [-0.2, 0) is 14.3 Å². The smallest absolute Gasteiger partial charge is 0.306 e. The maximum Gasteiger partial charge on any atom is 0.306 e. The summed E-state index contributed by atoms with van der Waals surface area (Å²) in [5.41, 5.74) is 4.91. The molecular formula is C11H22N2O3. The zero-order chi connectivity index (χ0) is 12.8. The molecule has 3 N–H and O–H groups in total. The molecule has 0 aromatic carbocycles. The second-order valence-electron chi connectivity index (χ2n) is 4.77. The highest BCUT2D eigenvalue weighted by Gasteiger charge is 2.15. The summed E-state index contributed by atoms with van der Waals surface area (Å²) in [5.74, 6) is -0.452. The molecule has 0 aliphatic heterocycles. The minimum atomic E-state index is -0.512. The molecule has 0 aliphatic carbocycles. The Bertz CT molecular complexity index is 244. The maximum atomic E-state index is 11.3. The molecule has 0 fully saturated rings. The van der Waals surface area contributed by atoms with E-state index in [0.717, 1.165) is 0 Å². The van der Waals surface area contributed by atoms with Crippen LogP contribution in [0.2, 0.25) is 0 Å². The van der Waals surface area contributed by atoms with Gasteiger partial charge >= 0.3 is 5.97 Å². The average molecular weight is 230 g/mol. The van der Waals surface area contributed by atoms with E-state index >= 15 is 0 Å². The van der Waals surface area contributed by atoms with Gasteiger partial charge in [0.1, 0.15) is 5.60 Å². The molecule has 0 heterocycles. The van der Waals surface area contributed by atoms with E-state index < -0.39 is 11.6 Å². The topological polar surface area (TPSA) is 81.4 Å². The average Bonchev–Trinajstić information content (AvgIpc) is 2.08. The van der Waals surface area contributed by atoms with Crippen LogP contribution in [0.1, 0.15) is 40.5 Å². The molecule has 5 heteroatoms. The van der Waals surface area contributed by atoms with Gasteiger partial charge in [0, 0.05) is 13.0 Å². The minimum Gasteiger partial charge on any atom is -0.460 e. The van der Waals surface area contributed by atoms with E-state index in [1.54, 1.807) is 6.92 Å². The SMILES string of the molecule is CC(N)C(=O)NCCCC(=O)OC(C)(C)C. The lowest BCUT2D eigenvalue weighted by atomic mass is 10.2. The van der Waals surface area contributed by atoms with E-state index in [1.807, 2.05) is 20.8 Å². The molecule has 1 amide bonds. The van der Waals surface area contributed by atoms with Crippen LogP contribution in [-0.4, -0.2) is 30.1 Å². The van der Waals surface area contributed by atoms with Gasteiger partial charge in [-0.15, -0.1) is 0 Å². The molecule has 5 nitrogen and oxygen atoms in total. The summed E-state index contributed by atoms with van der Waals surface area (Å²) in [4.78, 5) is 22.3. The fourth-order valence-electron chi connectivity index (χ4n) is 0.998. The fraction of sp³-hybridized carbons (Fsp3) is 0.818. The van der Waals surface area contributed by atoms with Gasteiger partial charge in [0.15, 0.2) is 0 Å². The first-order valence-corrected chi connectivity index (χ1v) is 5.47. The van der Waals surface area contributed by atoms with Gasteiger partial charge in [0.25, 0.3) is 0 Å². The molecular weight excluding hydrogens is 208 g/mol. The van der Waals surface area contributed by atoms with Gasteiger partial charge in [0.05, 0.1) is 6.04 Å². The standard InChI is InChI=1S/C11H22N2O3/c1-8(12)10(15)13-7-5-6-9(14)16-11(2,3)4/h8H,5-7,12H2,1-4H3,(H,13,15). The normalized spacial score (nSPS) is 13.1. The first-order valence-electron chi connectivity index (χ1n) is 5.47. The Hall–Kier alpha value is -1.10. The molecule has 94 valence electrons. The number of amides is 1. The predicted octanol–water partition coefficient (Wildman–Crippen LogP) is 0.572. The van der Waals surface area contributed by atoms with Crippen LogP contribution in [0.4, 0.5) is 0 Å². The quantitative estimate of drug-likeness (QED) is 0.534. The van der Waals surface area contributed by atoms with Crippen LogP contribution >= 0.6 is 0 Å². The van der Waals surface area contributed by atoms with Crippen LogP contribution in [0.25, 0.3) is 0 Å². The summed E-state index contributed by atoms with van der Waals surface area (Å²) in [5, 5.41) is 2.63. The van der Waals surface area contributed by atoms with E-state index in [-0.39, 0.29) is 11.9 Å². The van der Waals surface area contributed by atoms with Gasteiger partial charge in [-0.1, -0.05) is 0 Å². The van der Waals surface area contributed by atoms with Crippen LogP contribution < -0.4 is 11.1 Å². The van der Waals surface area contributed by atoms with Crippen molar-refractivity contribution in [3.63, 3.8) is 0 Å². The predicted molar refractivity (Wildman–Crippen MR) is 61.7 cm³/mol. The van der Waals surface area contributed by atoms with Crippen molar-refractivity contribution >= 4 is 11.9 Å². The van der Waals surface area contributed by atoms with Gasteiger partial charge < -0.3 is 15.8 Å². The van der Waals surface area contributed by atoms with Crippen molar-refractivity contribution in [3.05, 3.63) is 0 Å². The Kier molecular flexibility index (Phi) is 6.03. The molecule has 0 aliphatic rings. The Morgan fingerprint density at radius 1 is 1.38 bits per heavy atom. The third-order valence-corrected chi connectivity index (χ3v) is 1.69. The van der Waals surface area contributed by atoms with Gasteiger partial charge in [-0.25, -0.2) is 0 Å². The molecule has 0 radical (unpaired) electrons. The summed E-state index contributed by atoms with van der Waals surface area (Å²) >= 11 is 0. The van der Waals surface area contributed by atoms with E-state index in [2.05, 4.69) is 5.32 Å². The molecule has 1 unspecified atom stereocenters. The number of carbonyl (C=O) groups excluding carboxylic acids is 2. The summed E-state index contributed by atoms with van der Waals surface area (Å²) in [7, 11) is 0. The van der Waals surface area contributed by atoms with Crippen molar-refractivity contribution in [2.24, 2.45) is 5.73 Å². The van der Waals surface area contributed by atoms with Gasteiger partial charge in [-0.3, -0.25) is 9.59 Å². The van der Waals surface area contributed by atoms with Gasteiger partial charge in [0.2, 0.25) is 5.91 Å². The van der Waals surface area contributed by atoms with Gasteiger partial charge in [-0.05, 0) is 34.1 Å². The number of esters is 1. The van der Waals surface area contributed by atoms with Crippen molar-refractivity contribution in [2.75, 3.05) is 6.54 Å². The molecule has 0 aromatic rings. The lowest BCUT2D eigenvalue weighted by molar-refractivity contribution is -0.155. The number of rotatable bonds is 5. The zero-order valence-corrected chi connectivity index (χ0v) is 10.5. The molecule has 0 saturated carbocycles. The maximum absolute atomic E-state index is 11.3. The van der Waals surface area contributed by atoms with Crippen molar-refractivity contribution in [2.45, 2.75) is 52.2 Å². The second kappa shape index (κ2) is 6.48. The number of hydrogen-bond donors (Lipinski definition) is 2. The monoisotopic (exact) mass is 230 g/mol.